The van der Waals surface area contributed by atoms with E-state index in [1.165, 1.54) is 5.56 Å². The predicted molar refractivity (Wildman–Crippen MR) is 105 cm³/mol. The summed E-state index contributed by atoms with van der Waals surface area (Å²) < 4.78 is 5.23. The molecule has 7 heteroatoms. The molecule has 1 aromatic heterocycles. The van der Waals surface area contributed by atoms with Gasteiger partial charge < -0.3 is 15.2 Å². The lowest BCUT2D eigenvalue weighted by Gasteiger charge is -2.10. The zero-order chi connectivity index (χ0) is 15.8. The molecule has 23 heavy (non-hydrogen) atoms. The fourth-order valence-electron chi connectivity index (χ4n) is 1.97. The Morgan fingerprint density at radius 3 is 2.61 bits per heavy atom. The van der Waals surface area contributed by atoms with E-state index < -0.39 is 0 Å². The molecule has 0 bridgehead atoms. The van der Waals surface area contributed by atoms with Crippen molar-refractivity contribution in [3.63, 3.8) is 0 Å². The summed E-state index contributed by atoms with van der Waals surface area (Å²) >= 11 is 5.87. The molecular weight excluding hydrogens is 427 g/mol. The van der Waals surface area contributed by atoms with Crippen molar-refractivity contribution in [2.24, 2.45) is 4.99 Å². The van der Waals surface area contributed by atoms with Gasteiger partial charge in [-0.1, -0.05) is 35.8 Å². The Morgan fingerprint density at radius 1 is 1.26 bits per heavy atom. The highest BCUT2D eigenvalue weighted by Crippen LogP contribution is 2.09. The number of hydrogen-bond donors (Lipinski definition) is 2. The fourth-order valence-corrected chi connectivity index (χ4v) is 2.10. The number of aryl methyl sites for hydroxylation is 1. The topological polar surface area (TPSA) is 62.5 Å². The van der Waals surface area contributed by atoms with Crippen molar-refractivity contribution in [3.05, 3.63) is 52.4 Å². The molecule has 0 aliphatic carbocycles. The van der Waals surface area contributed by atoms with E-state index in [1.807, 2.05) is 37.3 Å². The third-order valence-electron chi connectivity index (χ3n) is 3.24. The number of nitrogens with one attached hydrogen (secondary N) is 2. The van der Waals surface area contributed by atoms with Crippen LogP contribution in [0.4, 0.5) is 0 Å². The van der Waals surface area contributed by atoms with Crippen LogP contribution in [-0.4, -0.2) is 24.7 Å². The second kappa shape index (κ2) is 10.5. The van der Waals surface area contributed by atoms with Crippen molar-refractivity contribution in [3.8, 4) is 0 Å². The Balaban J connectivity index is 0.00000264. The first-order valence-corrected chi connectivity index (χ1v) is 7.72. The van der Waals surface area contributed by atoms with E-state index in [-0.39, 0.29) is 24.0 Å². The first kappa shape index (κ1) is 19.8. The summed E-state index contributed by atoms with van der Waals surface area (Å²) in [5.74, 6) is 1.54. The van der Waals surface area contributed by atoms with Crippen LogP contribution in [-0.2, 0) is 19.4 Å². The summed E-state index contributed by atoms with van der Waals surface area (Å²) in [4.78, 5) is 4.19. The van der Waals surface area contributed by atoms with Crippen LogP contribution in [0.1, 0.15) is 23.9 Å². The van der Waals surface area contributed by atoms with Crippen molar-refractivity contribution in [1.29, 1.82) is 0 Å². The van der Waals surface area contributed by atoms with Crippen LogP contribution in [0.2, 0.25) is 5.02 Å². The summed E-state index contributed by atoms with van der Waals surface area (Å²) in [6, 6.07) is 9.81. The molecule has 5 nitrogen and oxygen atoms in total. The van der Waals surface area contributed by atoms with Gasteiger partial charge in [-0.15, -0.1) is 24.0 Å². The highest BCUT2D eigenvalue weighted by atomic mass is 127. The van der Waals surface area contributed by atoms with E-state index in [1.54, 1.807) is 7.05 Å². The maximum absolute atomic E-state index is 5.87. The molecule has 2 N–H and O–H groups in total. The van der Waals surface area contributed by atoms with Gasteiger partial charge in [-0.2, -0.15) is 0 Å². The number of nitrogens with zero attached hydrogens (tertiary/aromatic N) is 2. The number of aromatic nitrogens is 1. The molecule has 0 fully saturated rings. The van der Waals surface area contributed by atoms with Crippen LogP contribution in [0.5, 0.6) is 0 Å². The Kier molecular flexibility index (Phi) is 9.01. The molecule has 0 unspecified atom stereocenters. The van der Waals surface area contributed by atoms with Crippen molar-refractivity contribution in [2.45, 2.75) is 26.3 Å². The van der Waals surface area contributed by atoms with Crippen LogP contribution in [0.3, 0.4) is 0 Å². The summed E-state index contributed by atoms with van der Waals surface area (Å²) in [5, 5.41) is 11.2. The standard InChI is InChI=1S/C16H21ClN4O.HI/c1-3-14-10-15(22-21-14)11-20-16(18-2)19-9-8-12-4-6-13(17)7-5-12;/h4-7,10H,3,8-9,11H2,1-2H3,(H2,18,19,20);1H. The number of rotatable bonds is 6. The molecule has 0 spiro atoms. The van der Waals surface area contributed by atoms with Gasteiger partial charge in [0.1, 0.15) is 0 Å². The van der Waals surface area contributed by atoms with Crippen molar-refractivity contribution < 1.29 is 4.52 Å². The number of hydrogen-bond acceptors (Lipinski definition) is 3. The molecule has 126 valence electrons. The van der Waals surface area contributed by atoms with E-state index in [0.717, 1.165) is 41.8 Å². The van der Waals surface area contributed by atoms with Gasteiger partial charge in [-0.25, -0.2) is 0 Å². The summed E-state index contributed by atoms with van der Waals surface area (Å²) in [7, 11) is 1.75. The lowest BCUT2D eigenvalue weighted by atomic mass is 10.1. The molecule has 0 saturated carbocycles. The Labute approximate surface area is 158 Å². The number of benzene rings is 1. The SMILES string of the molecule is CCc1cc(CNC(=NC)NCCc2ccc(Cl)cc2)on1.I. The number of halogens is 2. The molecule has 0 radical (unpaired) electrons. The van der Waals surface area contributed by atoms with Crippen molar-refractivity contribution in [2.75, 3.05) is 13.6 Å². The van der Waals surface area contributed by atoms with Gasteiger partial charge in [-0.3, -0.25) is 4.99 Å². The maximum Gasteiger partial charge on any atom is 0.191 e. The van der Waals surface area contributed by atoms with Gasteiger partial charge in [-0.05, 0) is 30.5 Å². The molecule has 0 saturated heterocycles. The molecule has 1 aromatic carbocycles. The minimum atomic E-state index is 0. The Hall–Kier alpha value is -1.28. The van der Waals surface area contributed by atoms with E-state index in [0.29, 0.717) is 6.54 Å². The van der Waals surface area contributed by atoms with Gasteiger partial charge in [0.15, 0.2) is 11.7 Å². The van der Waals surface area contributed by atoms with Gasteiger partial charge in [0.2, 0.25) is 0 Å². The molecule has 0 aliphatic heterocycles. The quantitative estimate of drug-likeness (QED) is 0.404. The molecule has 1 heterocycles. The smallest absolute Gasteiger partial charge is 0.191 e. The van der Waals surface area contributed by atoms with Crippen LogP contribution >= 0.6 is 35.6 Å². The van der Waals surface area contributed by atoms with Crippen molar-refractivity contribution in [1.82, 2.24) is 15.8 Å². The average Bonchev–Trinajstić information content (AvgIpc) is 3.00. The van der Waals surface area contributed by atoms with Crippen LogP contribution < -0.4 is 10.6 Å². The van der Waals surface area contributed by atoms with E-state index >= 15 is 0 Å². The van der Waals surface area contributed by atoms with Crippen LogP contribution in [0.15, 0.2) is 39.8 Å². The van der Waals surface area contributed by atoms with Gasteiger partial charge >= 0.3 is 0 Å². The normalized spacial score (nSPS) is 11.0. The minimum absolute atomic E-state index is 0. The summed E-state index contributed by atoms with van der Waals surface area (Å²) in [6.07, 6.45) is 1.78. The van der Waals surface area contributed by atoms with E-state index in [4.69, 9.17) is 16.1 Å². The van der Waals surface area contributed by atoms with E-state index in [9.17, 15) is 0 Å². The maximum atomic E-state index is 5.87. The lowest BCUT2D eigenvalue weighted by Crippen LogP contribution is -2.37. The Morgan fingerprint density at radius 2 is 2.00 bits per heavy atom. The second-order valence-electron chi connectivity index (χ2n) is 4.87. The summed E-state index contributed by atoms with van der Waals surface area (Å²) in [5.41, 5.74) is 2.19. The molecular formula is C16H22ClIN4O. The van der Waals surface area contributed by atoms with Crippen LogP contribution in [0, 0.1) is 0 Å². The number of aliphatic imine (C=N–C) groups is 1. The highest BCUT2D eigenvalue weighted by molar-refractivity contribution is 14.0. The predicted octanol–water partition coefficient (Wildman–Crippen LogP) is 3.42. The molecule has 0 amide bonds. The summed E-state index contributed by atoms with van der Waals surface area (Å²) in [6.45, 7) is 3.40. The molecule has 0 atom stereocenters. The molecule has 2 rings (SSSR count). The zero-order valence-electron chi connectivity index (χ0n) is 13.3. The first-order valence-electron chi connectivity index (χ1n) is 7.34. The lowest BCUT2D eigenvalue weighted by molar-refractivity contribution is 0.374. The largest absolute Gasteiger partial charge is 0.359 e. The van der Waals surface area contributed by atoms with E-state index in [2.05, 4.69) is 20.8 Å². The van der Waals surface area contributed by atoms with Gasteiger partial charge in [0.25, 0.3) is 0 Å². The molecule has 0 aliphatic rings. The fraction of sp³-hybridized carbons (Fsp3) is 0.375. The minimum Gasteiger partial charge on any atom is -0.359 e. The van der Waals surface area contributed by atoms with Crippen LogP contribution in [0.25, 0.3) is 0 Å². The average molecular weight is 449 g/mol. The first-order chi connectivity index (χ1) is 10.7. The highest BCUT2D eigenvalue weighted by Gasteiger charge is 2.04. The zero-order valence-corrected chi connectivity index (χ0v) is 16.4. The number of guanidine groups is 1. The second-order valence-corrected chi connectivity index (χ2v) is 5.30. The van der Waals surface area contributed by atoms with Gasteiger partial charge in [0.05, 0.1) is 12.2 Å². The Bertz CT molecular complexity index is 613. The third kappa shape index (κ3) is 6.78. The third-order valence-corrected chi connectivity index (χ3v) is 3.50. The molecule has 2 aromatic rings. The monoisotopic (exact) mass is 448 g/mol. The van der Waals surface area contributed by atoms with Gasteiger partial charge in [0, 0.05) is 24.7 Å². The van der Waals surface area contributed by atoms with Crippen molar-refractivity contribution >= 4 is 41.5 Å².